The van der Waals surface area contributed by atoms with Gasteiger partial charge in [-0.05, 0) is 48.7 Å². The summed E-state index contributed by atoms with van der Waals surface area (Å²) in [6.07, 6.45) is -9.74. The number of benzene rings is 2. The third-order valence-corrected chi connectivity index (χ3v) is 5.36. The zero-order valence-electron chi connectivity index (χ0n) is 16.8. The normalized spacial score (nSPS) is 12.8. The molecule has 0 amide bonds. The average Bonchev–Trinajstić information content (AvgIpc) is 3.14. The summed E-state index contributed by atoms with van der Waals surface area (Å²) >= 11 is 5.84. The molecule has 0 fully saturated rings. The van der Waals surface area contributed by atoms with Crippen molar-refractivity contribution in [2.24, 2.45) is 0 Å². The largest absolute Gasteiger partial charge is 0.478 e. The molecule has 0 aliphatic carbocycles. The number of carboxylic acids is 1. The van der Waals surface area contributed by atoms with Crippen LogP contribution in [-0.2, 0) is 5.67 Å². The highest BCUT2D eigenvalue weighted by Gasteiger charge is 2.73. The van der Waals surface area contributed by atoms with Gasteiger partial charge in [0.15, 0.2) is 0 Å². The van der Waals surface area contributed by atoms with E-state index in [9.17, 15) is 40.6 Å². The highest BCUT2D eigenvalue weighted by Crippen LogP contribution is 2.54. The Hall–Kier alpha value is -3.08. The predicted octanol–water partition coefficient (Wildman–Crippen LogP) is 6.80. The van der Waals surface area contributed by atoms with Crippen LogP contribution in [0.5, 0.6) is 0 Å². The summed E-state index contributed by atoms with van der Waals surface area (Å²) in [5.41, 5.74) is -6.51. The van der Waals surface area contributed by atoms with Crippen molar-refractivity contribution < 1.29 is 40.6 Å². The number of hydrogen-bond acceptors (Lipinski definition) is 2. The molecule has 0 aliphatic rings. The van der Waals surface area contributed by atoms with Gasteiger partial charge in [-0.3, -0.25) is 0 Å². The molecule has 1 N–H and O–H groups in total. The molecule has 1 aromatic heterocycles. The van der Waals surface area contributed by atoms with E-state index in [2.05, 4.69) is 5.10 Å². The molecule has 4 nitrogen and oxygen atoms in total. The summed E-state index contributed by atoms with van der Waals surface area (Å²) in [4.78, 5) is 11.3. The van der Waals surface area contributed by atoms with Crippen LogP contribution in [0.4, 0.5) is 30.7 Å². The van der Waals surface area contributed by atoms with Crippen LogP contribution >= 0.6 is 11.6 Å². The lowest BCUT2D eigenvalue weighted by molar-refractivity contribution is -0.348. The SMILES string of the molecule is Cc1cc(C(F)(C(F)(F)F)C(F)(F)F)cc(C)c1-c1cnn(-c2ccc(Cl)c(C(=O)O)c2)c1. The highest BCUT2D eigenvalue weighted by atomic mass is 35.5. The quantitative estimate of drug-likeness (QED) is 0.406. The number of carboxylic acid groups (broad SMARTS) is 1. The molecular weight excluding hydrogens is 481 g/mol. The summed E-state index contributed by atoms with van der Waals surface area (Å²) in [5, 5.41) is 13.3. The van der Waals surface area contributed by atoms with Gasteiger partial charge in [-0.2, -0.15) is 31.4 Å². The monoisotopic (exact) mass is 494 g/mol. The van der Waals surface area contributed by atoms with Crippen LogP contribution in [0, 0.1) is 13.8 Å². The molecule has 33 heavy (non-hydrogen) atoms. The minimum absolute atomic E-state index is 0.00931. The molecule has 0 bridgehead atoms. The van der Waals surface area contributed by atoms with Crippen molar-refractivity contribution in [2.45, 2.75) is 31.9 Å². The van der Waals surface area contributed by atoms with Crippen molar-refractivity contribution in [1.82, 2.24) is 9.78 Å². The smallest absolute Gasteiger partial charge is 0.435 e. The van der Waals surface area contributed by atoms with Gasteiger partial charge in [0.2, 0.25) is 0 Å². The van der Waals surface area contributed by atoms with E-state index >= 15 is 0 Å². The third-order valence-electron chi connectivity index (χ3n) is 5.03. The van der Waals surface area contributed by atoms with Gasteiger partial charge in [0.1, 0.15) is 0 Å². The molecule has 0 unspecified atom stereocenters. The maximum Gasteiger partial charge on any atom is 0.435 e. The van der Waals surface area contributed by atoms with Gasteiger partial charge in [0, 0.05) is 17.3 Å². The maximum absolute atomic E-state index is 14.5. The van der Waals surface area contributed by atoms with Crippen molar-refractivity contribution in [2.75, 3.05) is 0 Å². The van der Waals surface area contributed by atoms with E-state index in [0.29, 0.717) is 23.4 Å². The minimum Gasteiger partial charge on any atom is -0.478 e. The number of aromatic nitrogens is 2. The number of hydrogen-bond donors (Lipinski definition) is 1. The van der Waals surface area contributed by atoms with Gasteiger partial charge in [0.25, 0.3) is 0 Å². The molecule has 0 saturated heterocycles. The van der Waals surface area contributed by atoms with E-state index in [1.165, 1.54) is 49.1 Å². The topological polar surface area (TPSA) is 55.1 Å². The second-order valence-electron chi connectivity index (χ2n) is 7.28. The first-order chi connectivity index (χ1) is 15.1. The van der Waals surface area contributed by atoms with E-state index in [-0.39, 0.29) is 27.3 Å². The Morgan fingerprint density at radius 3 is 2.00 bits per heavy atom. The van der Waals surface area contributed by atoms with Crippen LogP contribution in [0.25, 0.3) is 16.8 Å². The molecule has 0 aliphatic heterocycles. The Balaban J connectivity index is 2.10. The lowest BCUT2D eigenvalue weighted by Crippen LogP contribution is -2.50. The van der Waals surface area contributed by atoms with Crippen molar-refractivity contribution >= 4 is 17.6 Å². The predicted molar refractivity (Wildman–Crippen MR) is 105 cm³/mol. The minimum atomic E-state index is -6.22. The molecule has 3 aromatic rings. The summed E-state index contributed by atoms with van der Waals surface area (Å²) in [6.45, 7) is 2.50. The molecule has 176 valence electrons. The fraction of sp³-hybridized carbons (Fsp3) is 0.238. The number of carbonyl (C=O) groups is 1. The van der Waals surface area contributed by atoms with Gasteiger partial charge in [0.05, 0.1) is 22.5 Å². The maximum atomic E-state index is 14.5. The zero-order chi connectivity index (χ0) is 24.9. The Morgan fingerprint density at radius 2 is 1.52 bits per heavy atom. The van der Waals surface area contributed by atoms with E-state index in [0.717, 1.165) is 0 Å². The first-order valence-electron chi connectivity index (χ1n) is 9.10. The second kappa shape index (κ2) is 8.05. The lowest BCUT2D eigenvalue weighted by atomic mass is 9.87. The third kappa shape index (κ3) is 4.17. The molecule has 0 saturated carbocycles. The number of rotatable bonds is 4. The van der Waals surface area contributed by atoms with Crippen molar-refractivity contribution in [3.05, 3.63) is 70.0 Å². The molecule has 0 atom stereocenters. The molecule has 0 radical (unpaired) electrons. The molecule has 1 heterocycles. The summed E-state index contributed by atoms with van der Waals surface area (Å²) in [5.74, 6) is -1.28. The summed E-state index contributed by atoms with van der Waals surface area (Å²) in [7, 11) is 0. The van der Waals surface area contributed by atoms with Gasteiger partial charge < -0.3 is 5.11 Å². The summed E-state index contributed by atoms with van der Waals surface area (Å²) < 4.78 is 94.5. The standard InChI is InChI=1S/C21H14ClF7N2O2/c1-10-5-13(19(23,20(24,25)26)21(27,28)29)6-11(2)17(10)12-8-30-31(9-12)14-3-4-16(22)15(7-14)18(32)33/h3-9H,1-2H3,(H,32,33). The number of halogens is 8. The Labute approximate surface area is 187 Å². The van der Waals surface area contributed by atoms with E-state index in [1.807, 2.05) is 0 Å². The number of nitrogens with zero attached hydrogens (tertiary/aromatic N) is 2. The van der Waals surface area contributed by atoms with Crippen LogP contribution in [0.15, 0.2) is 42.7 Å². The van der Waals surface area contributed by atoms with Crippen LogP contribution in [0.1, 0.15) is 27.0 Å². The molecule has 12 heteroatoms. The first-order valence-corrected chi connectivity index (χ1v) is 9.48. The van der Waals surface area contributed by atoms with E-state index < -0.39 is 29.6 Å². The van der Waals surface area contributed by atoms with Crippen LogP contribution in [-0.4, -0.2) is 33.2 Å². The Kier molecular flexibility index (Phi) is 5.99. The molecular formula is C21H14ClF7N2O2. The number of alkyl halides is 7. The van der Waals surface area contributed by atoms with Crippen molar-refractivity contribution in [3.8, 4) is 16.8 Å². The summed E-state index contributed by atoms with van der Waals surface area (Å²) in [6, 6.07) is 5.06. The molecule has 3 rings (SSSR count). The van der Waals surface area contributed by atoms with Gasteiger partial charge >= 0.3 is 24.0 Å². The van der Waals surface area contributed by atoms with Crippen LogP contribution in [0.2, 0.25) is 5.02 Å². The average molecular weight is 495 g/mol. The fourth-order valence-electron chi connectivity index (χ4n) is 3.52. The first kappa shape index (κ1) is 24.6. The zero-order valence-corrected chi connectivity index (χ0v) is 17.6. The van der Waals surface area contributed by atoms with Crippen molar-refractivity contribution in [3.63, 3.8) is 0 Å². The van der Waals surface area contributed by atoms with Gasteiger partial charge in [-0.1, -0.05) is 23.7 Å². The number of aromatic carboxylic acids is 1. The Morgan fingerprint density at radius 1 is 0.970 bits per heavy atom. The van der Waals surface area contributed by atoms with Crippen LogP contribution in [0.3, 0.4) is 0 Å². The lowest BCUT2D eigenvalue weighted by Gasteiger charge is -2.31. The van der Waals surface area contributed by atoms with Crippen molar-refractivity contribution in [1.29, 1.82) is 0 Å². The molecule has 0 spiro atoms. The fourth-order valence-corrected chi connectivity index (χ4v) is 3.72. The van der Waals surface area contributed by atoms with E-state index in [1.54, 1.807) is 0 Å². The number of aryl methyl sites for hydroxylation is 2. The Bertz CT molecular complexity index is 1200. The van der Waals surface area contributed by atoms with E-state index in [4.69, 9.17) is 11.6 Å². The van der Waals surface area contributed by atoms with Gasteiger partial charge in [-0.25, -0.2) is 13.9 Å². The van der Waals surface area contributed by atoms with Gasteiger partial charge in [-0.15, -0.1) is 0 Å². The van der Waals surface area contributed by atoms with Crippen LogP contribution < -0.4 is 0 Å². The highest BCUT2D eigenvalue weighted by molar-refractivity contribution is 6.33. The molecule has 2 aromatic carbocycles. The second-order valence-corrected chi connectivity index (χ2v) is 7.69.